The fraction of sp³-hybridized carbons (Fsp3) is 0.0645. The minimum atomic E-state index is 0.711. The molecule has 0 amide bonds. The van der Waals surface area contributed by atoms with Gasteiger partial charge in [0.05, 0.1) is 89.0 Å². The maximum absolute atomic E-state index is 5.18. The van der Waals surface area contributed by atoms with Crippen molar-refractivity contribution in [3.63, 3.8) is 0 Å². The van der Waals surface area contributed by atoms with Gasteiger partial charge in [0.15, 0.2) is 11.6 Å². The zero-order chi connectivity index (χ0) is 89.8. The van der Waals surface area contributed by atoms with Crippen LogP contribution in [-0.4, -0.2) is 47.3 Å². The van der Waals surface area contributed by atoms with Crippen molar-refractivity contribution in [2.24, 2.45) is 0 Å². The summed E-state index contributed by atoms with van der Waals surface area (Å²) in [4.78, 5) is 20.5. The van der Waals surface area contributed by atoms with Gasteiger partial charge in [-0.05, 0) is 237 Å². The molecule has 0 atom stereocenters. The number of aromatic nitrogens is 10. The molecule has 0 saturated carbocycles. The van der Waals surface area contributed by atoms with Crippen LogP contribution in [0, 0.1) is 55.4 Å². The summed E-state index contributed by atoms with van der Waals surface area (Å²) >= 11 is 0. The largest absolute Gasteiger partial charge is 0.309 e. The first kappa shape index (κ1) is 79.1. The highest BCUT2D eigenvalue weighted by Gasteiger charge is 2.25. The van der Waals surface area contributed by atoms with E-state index in [1.54, 1.807) is 0 Å². The minimum Gasteiger partial charge on any atom is -0.309 e. The molecule has 26 rings (SSSR count). The van der Waals surface area contributed by atoms with Crippen molar-refractivity contribution in [3.8, 4) is 102 Å². The molecular weight excluding hydrogens is 1630 g/mol. The summed E-state index contributed by atoms with van der Waals surface area (Å²) in [6.45, 7) is 17.1. The Labute approximate surface area is 775 Å². The maximum Gasteiger partial charge on any atom is 0.160 e. The quantitative estimate of drug-likeness (QED) is 0.122. The Balaban J connectivity index is 0.000000143. The summed E-state index contributed by atoms with van der Waals surface area (Å²) in [5, 5.41) is 14.9. The van der Waals surface area contributed by atoms with Crippen molar-refractivity contribution >= 4 is 131 Å². The van der Waals surface area contributed by atoms with Gasteiger partial charge in [-0.2, -0.15) is 0 Å². The molecule has 0 N–H and O–H groups in total. The minimum absolute atomic E-state index is 0.711. The van der Waals surface area contributed by atoms with Crippen molar-refractivity contribution in [1.29, 1.82) is 0 Å². The standard InChI is InChI=1S/2C62H45N5/c1-38-13-19-42(20-14-38)54-37-55(64-62(63-54)44-21-15-39(2)16-22-44)43-23-25-45(26-24-43)65-60-31-27-46(66-56-11-7-5-9-48(56)50-33-40(3)17-29-58(50)66)35-52(60)53-36-47(28-32-61(53)65)67-57-12-8-6-10-49(57)51-34-41(4)18-30-59(51)67;1-38-13-19-42(20-14-38)54-37-55(64-62(63-54)44-21-15-39(2)16-22-44)43-23-25-45(26-24-43)65-60-31-27-46(66-56-11-7-5-9-48(56)49-10-6-8-12-57(49)66)35-52(60)53-36-47(28-32-61(53)65)67-58-29-17-40(3)33-50(58)51-34-41(4)18-30-59(51)67/h2*5-37H,1-4H3. The number of benzene rings is 18. The summed E-state index contributed by atoms with van der Waals surface area (Å²) in [5.41, 5.74) is 40.5. The maximum atomic E-state index is 5.18. The lowest BCUT2D eigenvalue weighted by Crippen LogP contribution is -1.98. The molecular formula is C124H90N10. The van der Waals surface area contributed by atoms with Gasteiger partial charge in [-0.25, -0.2) is 19.9 Å². The van der Waals surface area contributed by atoms with Crippen molar-refractivity contribution in [2.75, 3.05) is 0 Å². The van der Waals surface area contributed by atoms with Gasteiger partial charge in [0, 0.05) is 132 Å². The zero-order valence-corrected chi connectivity index (χ0v) is 75.6. The molecule has 26 aromatic rings. The molecule has 0 saturated heterocycles. The first-order chi connectivity index (χ1) is 65.6. The van der Waals surface area contributed by atoms with Gasteiger partial charge in [-0.15, -0.1) is 0 Å². The molecule has 134 heavy (non-hydrogen) atoms. The molecule has 0 aliphatic heterocycles. The predicted molar refractivity (Wildman–Crippen MR) is 561 cm³/mol. The third kappa shape index (κ3) is 13.3. The molecule has 18 aromatic carbocycles. The van der Waals surface area contributed by atoms with E-state index in [0.717, 1.165) is 112 Å². The van der Waals surface area contributed by atoms with Crippen LogP contribution in [0.15, 0.2) is 400 Å². The SMILES string of the molecule is Cc1ccc(-c2cc(-c3ccc(-n4c5ccc(-n6c7ccccc7c7cc(C)ccc76)cc5c5cc(-n6c7ccccc7c7cc(C)ccc76)ccc54)cc3)nc(-c3ccc(C)cc3)n2)cc1.Cc1ccc(-c2cc(-c3ccc(-n4c5ccc(-n6c7ccccc7c7ccccc76)cc5c5cc(-n6c7ccc(C)cc7c7cc(C)ccc76)ccc54)cc3)nc(-c3ccc(C)cc3)n2)cc1. The Morgan fingerprint density at radius 2 is 0.306 bits per heavy atom. The first-order valence-electron chi connectivity index (χ1n) is 46.1. The molecule has 636 valence electrons. The summed E-state index contributed by atoms with van der Waals surface area (Å²) in [6, 6.07) is 146. The second kappa shape index (κ2) is 31.4. The van der Waals surface area contributed by atoms with E-state index < -0.39 is 0 Å². The smallest absolute Gasteiger partial charge is 0.160 e. The van der Waals surface area contributed by atoms with Crippen LogP contribution in [0.1, 0.15) is 44.5 Å². The molecule has 10 heteroatoms. The van der Waals surface area contributed by atoms with Crippen molar-refractivity contribution in [3.05, 3.63) is 445 Å². The van der Waals surface area contributed by atoms with Gasteiger partial charge >= 0.3 is 0 Å². The van der Waals surface area contributed by atoms with Crippen LogP contribution in [0.25, 0.3) is 233 Å². The van der Waals surface area contributed by atoms with Crippen LogP contribution in [0.2, 0.25) is 0 Å². The Hall–Kier alpha value is -17.1. The molecule has 0 bridgehead atoms. The summed E-state index contributed by atoms with van der Waals surface area (Å²) < 4.78 is 14.6. The topological polar surface area (TPSA) is 81.1 Å². The van der Waals surface area contributed by atoms with E-state index in [1.807, 2.05) is 0 Å². The van der Waals surface area contributed by atoms with Gasteiger partial charge in [0.1, 0.15) is 0 Å². The van der Waals surface area contributed by atoms with Gasteiger partial charge in [0.25, 0.3) is 0 Å². The Morgan fingerprint density at radius 3 is 0.560 bits per heavy atom. The van der Waals surface area contributed by atoms with Crippen LogP contribution in [-0.2, 0) is 0 Å². The molecule has 0 fully saturated rings. The van der Waals surface area contributed by atoms with Crippen molar-refractivity contribution in [1.82, 2.24) is 47.3 Å². The highest BCUT2D eigenvalue weighted by molar-refractivity contribution is 6.17. The lowest BCUT2D eigenvalue weighted by Gasteiger charge is -2.12. The lowest BCUT2D eigenvalue weighted by molar-refractivity contribution is 1.16. The average Bonchev–Trinajstić information content (AvgIpc) is 1.57. The van der Waals surface area contributed by atoms with E-state index in [9.17, 15) is 0 Å². The highest BCUT2D eigenvalue weighted by atomic mass is 15.0. The molecule has 0 aliphatic rings. The number of nitrogens with zero attached hydrogens (tertiary/aromatic N) is 10. The predicted octanol–water partition coefficient (Wildman–Crippen LogP) is 32.0. The van der Waals surface area contributed by atoms with Gasteiger partial charge < -0.3 is 27.4 Å². The summed E-state index contributed by atoms with van der Waals surface area (Å²) in [6.07, 6.45) is 0. The number of para-hydroxylation sites is 4. The molecule has 8 aromatic heterocycles. The van der Waals surface area contributed by atoms with Gasteiger partial charge in [0.2, 0.25) is 0 Å². The number of hydrogen-bond donors (Lipinski definition) is 0. The molecule has 10 nitrogen and oxygen atoms in total. The van der Waals surface area contributed by atoms with Crippen LogP contribution in [0.5, 0.6) is 0 Å². The van der Waals surface area contributed by atoms with Crippen LogP contribution >= 0.6 is 0 Å². The molecule has 0 radical (unpaired) electrons. The highest BCUT2D eigenvalue weighted by Crippen LogP contribution is 2.45. The van der Waals surface area contributed by atoms with E-state index >= 15 is 0 Å². The molecule has 0 spiro atoms. The second-order valence-electron chi connectivity index (χ2n) is 36.5. The Kier molecular flexibility index (Phi) is 18.5. The van der Waals surface area contributed by atoms with Gasteiger partial charge in [-0.3, -0.25) is 0 Å². The van der Waals surface area contributed by atoms with E-state index in [1.165, 1.54) is 153 Å². The summed E-state index contributed by atoms with van der Waals surface area (Å²) in [5.74, 6) is 1.42. The third-order valence-electron chi connectivity index (χ3n) is 27.4. The number of aryl methyl sites for hydroxylation is 8. The van der Waals surface area contributed by atoms with E-state index in [-0.39, 0.29) is 0 Å². The van der Waals surface area contributed by atoms with E-state index in [2.05, 4.69) is 483 Å². The van der Waals surface area contributed by atoms with Crippen LogP contribution in [0.4, 0.5) is 0 Å². The number of hydrogen-bond acceptors (Lipinski definition) is 4. The first-order valence-corrected chi connectivity index (χ1v) is 46.1. The Bertz CT molecular complexity index is 8700. The number of fused-ring (bicyclic) bond motifs is 18. The fourth-order valence-electron chi connectivity index (χ4n) is 20.7. The fourth-order valence-corrected chi connectivity index (χ4v) is 20.7. The van der Waals surface area contributed by atoms with Crippen molar-refractivity contribution in [2.45, 2.75) is 55.4 Å². The number of rotatable bonds is 12. The third-order valence-corrected chi connectivity index (χ3v) is 27.4. The Morgan fingerprint density at radius 1 is 0.134 bits per heavy atom. The van der Waals surface area contributed by atoms with Crippen LogP contribution < -0.4 is 0 Å². The van der Waals surface area contributed by atoms with E-state index in [4.69, 9.17) is 19.9 Å². The second-order valence-corrected chi connectivity index (χ2v) is 36.5. The van der Waals surface area contributed by atoms with E-state index in [0.29, 0.717) is 11.6 Å². The normalized spacial score (nSPS) is 11.9. The average molecular weight is 1720 g/mol. The summed E-state index contributed by atoms with van der Waals surface area (Å²) in [7, 11) is 0. The molecule has 8 heterocycles. The van der Waals surface area contributed by atoms with Crippen LogP contribution in [0.3, 0.4) is 0 Å². The van der Waals surface area contributed by atoms with Gasteiger partial charge in [-0.1, -0.05) is 263 Å². The van der Waals surface area contributed by atoms with Crippen molar-refractivity contribution < 1.29 is 0 Å². The zero-order valence-electron chi connectivity index (χ0n) is 75.6. The molecule has 0 unspecified atom stereocenters. The molecule has 0 aliphatic carbocycles. The monoisotopic (exact) mass is 1720 g/mol. The lowest BCUT2D eigenvalue weighted by atomic mass is 10.0.